The van der Waals surface area contributed by atoms with Crippen molar-refractivity contribution in [3.8, 4) is 5.75 Å². The zero-order valence-corrected chi connectivity index (χ0v) is 17.3. The van der Waals surface area contributed by atoms with Gasteiger partial charge in [0.25, 0.3) is 5.91 Å². The van der Waals surface area contributed by atoms with Crippen molar-refractivity contribution >= 4 is 17.9 Å². The lowest BCUT2D eigenvalue weighted by Gasteiger charge is -2.28. The Morgan fingerprint density at radius 3 is 2.85 bits per heavy atom. The van der Waals surface area contributed by atoms with Gasteiger partial charge in [-0.25, -0.2) is 4.31 Å². The van der Waals surface area contributed by atoms with Crippen LogP contribution in [0.3, 0.4) is 0 Å². The third-order valence-corrected chi connectivity index (χ3v) is 6.45. The van der Waals surface area contributed by atoms with E-state index in [2.05, 4.69) is 28.5 Å². The van der Waals surface area contributed by atoms with Gasteiger partial charge in [0, 0.05) is 49.0 Å². The molecule has 0 saturated carbocycles. The Morgan fingerprint density at radius 2 is 2.15 bits per heavy atom. The van der Waals surface area contributed by atoms with Crippen LogP contribution < -0.4 is 10.1 Å². The molecule has 1 aliphatic heterocycles. The summed E-state index contributed by atoms with van der Waals surface area (Å²) in [4.78, 5) is 17.9. The van der Waals surface area contributed by atoms with Crippen LogP contribution in [0, 0.1) is 12.8 Å². The van der Waals surface area contributed by atoms with E-state index in [0.717, 1.165) is 35.2 Å². The van der Waals surface area contributed by atoms with Crippen LogP contribution in [0.5, 0.6) is 5.75 Å². The Balaban J connectivity index is 1.66. The van der Waals surface area contributed by atoms with Crippen LogP contribution >= 0.6 is 11.9 Å². The highest BCUT2D eigenvalue weighted by atomic mass is 32.2. The van der Waals surface area contributed by atoms with E-state index in [1.165, 1.54) is 12.8 Å². The molecule has 1 N–H and O–H groups in total. The van der Waals surface area contributed by atoms with Gasteiger partial charge < -0.3 is 14.6 Å². The van der Waals surface area contributed by atoms with Crippen molar-refractivity contribution in [3.63, 3.8) is 0 Å². The van der Waals surface area contributed by atoms with E-state index < -0.39 is 0 Å². The lowest BCUT2D eigenvalue weighted by Crippen LogP contribution is -2.27. The van der Waals surface area contributed by atoms with Crippen molar-refractivity contribution in [2.75, 3.05) is 20.2 Å². The fraction of sp³-hybridized carbons (Fsp3) is 0.500. The van der Waals surface area contributed by atoms with Crippen molar-refractivity contribution in [1.82, 2.24) is 19.2 Å². The fourth-order valence-electron chi connectivity index (χ4n) is 3.20. The Labute approximate surface area is 165 Å². The minimum Gasteiger partial charge on any atom is -0.495 e. The summed E-state index contributed by atoms with van der Waals surface area (Å²) < 4.78 is 9.67. The van der Waals surface area contributed by atoms with Gasteiger partial charge in [0.2, 0.25) is 0 Å². The number of amides is 1. The highest BCUT2D eigenvalue weighted by molar-refractivity contribution is 7.97. The van der Waals surface area contributed by atoms with Gasteiger partial charge in [-0.05, 0) is 49.8 Å². The molecule has 0 aliphatic carbocycles. The number of ether oxygens (including phenoxy) is 1. The first-order valence-corrected chi connectivity index (χ1v) is 10.1. The van der Waals surface area contributed by atoms with Crippen molar-refractivity contribution in [1.29, 1.82) is 0 Å². The normalized spacial score (nSPS) is 15.7. The van der Waals surface area contributed by atoms with Gasteiger partial charge in [-0.2, -0.15) is 0 Å². The first-order valence-electron chi connectivity index (χ1n) is 9.34. The number of hydrogen-bond donors (Lipinski definition) is 1. The smallest absolute Gasteiger partial charge is 0.268 e. The molecular weight excluding hydrogens is 360 g/mol. The van der Waals surface area contributed by atoms with E-state index >= 15 is 0 Å². The number of carbonyl (C=O) groups is 1. The molecule has 0 atom stereocenters. The number of nitrogens with zero attached hydrogens (tertiary/aromatic N) is 3. The van der Waals surface area contributed by atoms with Crippen LogP contribution in [-0.2, 0) is 13.6 Å². The molecule has 0 radical (unpaired) electrons. The Bertz CT molecular complexity index is 797. The molecule has 1 aliphatic rings. The summed E-state index contributed by atoms with van der Waals surface area (Å²) in [5, 5.41) is 2.99. The van der Waals surface area contributed by atoms with E-state index in [0.29, 0.717) is 18.0 Å². The summed E-state index contributed by atoms with van der Waals surface area (Å²) in [6, 6.07) is 3.85. The average molecular weight is 389 g/mol. The minimum atomic E-state index is -0.0846. The van der Waals surface area contributed by atoms with Gasteiger partial charge in [-0.15, -0.1) is 0 Å². The quantitative estimate of drug-likeness (QED) is 0.769. The van der Waals surface area contributed by atoms with Gasteiger partial charge in [0.05, 0.1) is 13.3 Å². The minimum absolute atomic E-state index is 0.0846. The zero-order valence-electron chi connectivity index (χ0n) is 16.5. The van der Waals surface area contributed by atoms with Gasteiger partial charge in [0.1, 0.15) is 11.4 Å². The molecule has 1 fully saturated rings. The molecule has 146 valence electrons. The third-order valence-electron chi connectivity index (χ3n) is 5.22. The van der Waals surface area contributed by atoms with E-state index in [4.69, 9.17) is 4.74 Å². The molecule has 3 heterocycles. The second kappa shape index (κ2) is 8.80. The third kappa shape index (κ3) is 4.65. The van der Waals surface area contributed by atoms with Crippen LogP contribution in [0.25, 0.3) is 0 Å². The van der Waals surface area contributed by atoms with E-state index in [1.54, 1.807) is 31.5 Å². The summed E-state index contributed by atoms with van der Waals surface area (Å²) in [7, 11) is 3.55. The fourth-order valence-corrected chi connectivity index (χ4v) is 4.31. The first kappa shape index (κ1) is 19.8. The van der Waals surface area contributed by atoms with Crippen molar-refractivity contribution in [2.24, 2.45) is 13.0 Å². The number of rotatable bonds is 6. The molecule has 1 saturated heterocycles. The number of piperidine rings is 1. The molecule has 27 heavy (non-hydrogen) atoms. The molecule has 0 aromatic carbocycles. The Kier molecular flexibility index (Phi) is 6.44. The molecule has 0 unspecified atom stereocenters. The summed E-state index contributed by atoms with van der Waals surface area (Å²) in [6.45, 7) is 6.99. The highest BCUT2D eigenvalue weighted by Gasteiger charge is 2.21. The van der Waals surface area contributed by atoms with Crippen molar-refractivity contribution in [2.45, 2.75) is 38.1 Å². The zero-order chi connectivity index (χ0) is 19.4. The summed E-state index contributed by atoms with van der Waals surface area (Å²) in [6.07, 6.45) is 5.83. The maximum absolute atomic E-state index is 12.7. The van der Waals surface area contributed by atoms with Crippen LogP contribution in [0.15, 0.2) is 29.4 Å². The van der Waals surface area contributed by atoms with Gasteiger partial charge in [-0.1, -0.05) is 6.92 Å². The van der Waals surface area contributed by atoms with E-state index in [1.807, 2.05) is 23.7 Å². The second-order valence-corrected chi connectivity index (χ2v) is 8.25. The second-order valence-electron chi connectivity index (χ2n) is 7.11. The van der Waals surface area contributed by atoms with Crippen LogP contribution in [0.4, 0.5) is 0 Å². The molecule has 7 heteroatoms. The first-order chi connectivity index (χ1) is 13.0. The molecule has 2 aromatic heterocycles. The summed E-state index contributed by atoms with van der Waals surface area (Å²) in [5.41, 5.74) is 2.70. The van der Waals surface area contributed by atoms with Crippen molar-refractivity contribution in [3.05, 3.63) is 41.5 Å². The van der Waals surface area contributed by atoms with Gasteiger partial charge >= 0.3 is 0 Å². The predicted molar refractivity (Wildman–Crippen MR) is 108 cm³/mol. The molecule has 3 rings (SSSR count). The molecule has 1 amide bonds. The SMILES string of the molecule is COc1cnccc1CNC(=O)c1cc(SN2CCC(C)CC2)c(C)n1C. The van der Waals surface area contributed by atoms with E-state index in [9.17, 15) is 4.79 Å². The summed E-state index contributed by atoms with van der Waals surface area (Å²) in [5.74, 6) is 1.40. The molecule has 0 spiro atoms. The lowest BCUT2D eigenvalue weighted by molar-refractivity contribution is 0.0942. The van der Waals surface area contributed by atoms with Crippen LogP contribution in [-0.4, -0.2) is 40.0 Å². The van der Waals surface area contributed by atoms with Crippen LogP contribution in [0.2, 0.25) is 0 Å². The molecular formula is C20H28N4O2S. The van der Waals surface area contributed by atoms with Gasteiger partial charge in [0.15, 0.2) is 0 Å². The predicted octanol–water partition coefficient (Wildman–Crippen LogP) is 3.41. The number of hydrogen-bond acceptors (Lipinski definition) is 5. The molecule has 0 bridgehead atoms. The average Bonchev–Trinajstić information content (AvgIpc) is 2.96. The number of carbonyl (C=O) groups excluding carboxylic acids is 1. The molecule has 2 aromatic rings. The Morgan fingerprint density at radius 1 is 1.41 bits per heavy atom. The van der Waals surface area contributed by atoms with E-state index in [-0.39, 0.29) is 5.91 Å². The maximum Gasteiger partial charge on any atom is 0.268 e. The standard InChI is InChI=1S/C20H28N4O2S/c1-14-6-9-24(10-7-14)27-19-11-17(23(3)15(19)2)20(25)22-12-16-5-8-21-13-18(16)26-4/h5,8,11,13-14H,6-7,9-10,12H2,1-4H3,(H,22,25). The highest BCUT2D eigenvalue weighted by Crippen LogP contribution is 2.32. The summed E-state index contributed by atoms with van der Waals surface area (Å²) >= 11 is 1.77. The number of aromatic nitrogens is 2. The maximum atomic E-state index is 12.7. The number of nitrogens with one attached hydrogen (secondary N) is 1. The van der Waals surface area contributed by atoms with Crippen LogP contribution in [0.1, 0.15) is 41.5 Å². The van der Waals surface area contributed by atoms with Gasteiger partial charge in [-0.3, -0.25) is 9.78 Å². The van der Waals surface area contributed by atoms with Crippen molar-refractivity contribution < 1.29 is 9.53 Å². The largest absolute Gasteiger partial charge is 0.495 e. The number of methoxy groups -OCH3 is 1. The lowest BCUT2D eigenvalue weighted by atomic mass is 10.0. The topological polar surface area (TPSA) is 59.4 Å². The number of pyridine rings is 1. The monoisotopic (exact) mass is 388 g/mol. The Hall–Kier alpha value is -1.99. The molecule has 6 nitrogen and oxygen atoms in total.